The van der Waals surface area contributed by atoms with Gasteiger partial charge in [0.15, 0.2) is 0 Å². The molecule has 0 atom stereocenters. The highest BCUT2D eigenvalue weighted by Crippen LogP contribution is 2.35. The van der Waals surface area contributed by atoms with E-state index in [1.54, 1.807) is 6.07 Å². The third-order valence-corrected chi connectivity index (χ3v) is 3.39. The molecule has 7 nitrogen and oxygen atoms in total. The lowest BCUT2D eigenvalue weighted by atomic mass is 10.0. The van der Waals surface area contributed by atoms with Gasteiger partial charge in [-0.3, -0.25) is 5.10 Å². The first-order chi connectivity index (χ1) is 11.4. The van der Waals surface area contributed by atoms with Crippen LogP contribution in [0.5, 0.6) is 0 Å². The molecule has 0 fully saturated rings. The maximum atomic E-state index is 13.3. The quantitative estimate of drug-likeness (QED) is 0.687. The number of hydrogen-bond acceptors (Lipinski definition) is 4. The molecule has 0 saturated carbocycles. The Labute approximate surface area is 134 Å². The predicted molar refractivity (Wildman–Crippen MR) is 80.4 cm³/mol. The number of carbonyl (C=O) groups is 1. The molecule has 0 saturated heterocycles. The van der Waals surface area contributed by atoms with Crippen LogP contribution in [-0.4, -0.2) is 28.5 Å². The van der Waals surface area contributed by atoms with E-state index in [-0.39, 0.29) is 24.3 Å². The number of nitrogens with zero attached hydrogens (tertiary/aromatic N) is 2. The van der Waals surface area contributed by atoms with Crippen LogP contribution in [0, 0.1) is 0 Å². The number of amides is 2. The summed E-state index contributed by atoms with van der Waals surface area (Å²) in [6.45, 7) is 0.241. The molecule has 1 aromatic carbocycles. The third kappa shape index (κ3) is 3.47. The summed E-state index contributed by atoms with van der Waals surface area (Å²) >= 11 is 0. The highest BCUT2D eigenvalue weighted by Gasteiger charge is 2.34. The van der Waals surface area contributed by atoms with E-state index in [1.165, 1.54) is 18.3 Å². The zero-order valence-corrected chi connectivity index (χ0v) is 12.2. The zero-order chi connectivity index (χ0) is 17.2. The van der Waals surface area contributed by atoms with Crippen molar-refractivity contribution in [2.45, 2.75) is 12.7 Å². The summed E-state index contributed by atoms with van der Waals surface area (Å²) in [7, 11) is 0. The van der Waals surface area contributed by atoms with Crippen LogP contribution in [0.2, 0.25) is 0 Å². The van der Waals surface area contributed by atoms with Gasteiger partial charge in [-0.1, -0.05) is 6.07 Å². The molecule has 0 bridgehead atoms. The van der Waals surface area contributed by atoms with E-state index in [2.05, 4.69) is 31.4 Å². The van der Waals surface area contributed by atoms with E-state index < -0.39 is 17.8 Å². The van der Waals surface area contributed by atoms with Crippen molar-refractivity contribution in [3.63, 3.8) is 0 Å². The molecule has 24 heavy (non-hydrogen) atoms. The maximum absolute atomic E-state index is 13.3. The number of alkyl halides is 3. The first-order valence-electron chi connectivity index (χ1n) is 6.97. The van der Waals surface area contributed by atoms with E-state index in [4.69, 9.17) is 0 Å². The first-order valence-corrected chi connectivity index (χ1v) is 6.97. The number of H-pyrrole nitrogens is 1. The average Bonchev–Trinajstić information content (AvgIpc) is 3.06. The average molecular weight is 338 g/mol. The van der Waals surface area contributed by atoms with Gasteiger partial charge in [0.05, 0.1) is 30.1 Å². The number of rotatable bonds is 4. The van der Waals surface area contributed by atoms with Crippen molar-refractivity contribution in [1.82, 2.24) is 20.9 Å². The number of anilines is 1. The van der Waals surface area contributed by atoms with Crippen LogP contribution in [0.15, 0.2) is 35.6 Å². The van der Waals surface area contributed by atoms with Crippen LogP contribution in [-0.2, 0) is 12.7 Å². The molecule has 0 radical (unpaired) electrons. The number of carbonyl (C=O) groups excluding carboxylic acids is 1. The molecule has 0 spiro atoms. The van der Waals surface area contributed by atoms with Crippen LogP contribution >= 0.6 is 0 Å². The van der Waals surface area contributed by atoms with Gasteiger partial charge < -0.3 is 10.6 Å². The Hall–Kier alpha value is -3.04. The SMILES string of the molecule is O=C1NCC(c2ccc(NCc3ccn[nH]3)c(C(F)(F)F)c2)=NN1. The van der Waals surface area contributed by atoms with Gasteiger partial charge in [-0.2, -0.15) is 23.4 Å². The summed E-state index contributed by atoms with van der Waals surface area (Å²) in [6, 6.07) is 5.04. The van der Waals surface area contributed by atoms with Gasteiger partial charge in [-0.05, 0) is 18.2 Å². The highest BCUT2D eigenvalue weighted by atomic mass is 19.4. The van der Waals surface area contributed by atoms with E-state index in [1.807, 2.05) is 0 Å². The lowest BCUT2D eigenvalue weighted by molar-refractivity contribution is -0.137. The number of hydrogen-bond donors (Lipinski definition) is 4. The topological polar surface area (TPSA) is 94.2 Å². The van der Waals surface area contributed by atoms with Gasteiger partial charge in [0.1, 0.15) is 0 Å². The van der Waals surface area contributed by atoms with Crippen molar-refractivity contribution in [2.75, 3.05) is 11.9 Å². The van der Waals surface area contributed by atoms with Crippen molar-refractivity contribution in [3.8, 4) is 0 Å². The molecule has 0 aliphatic carbocycles. The zero-order valence-electron chi connectivity index (χ0n) is 12.2. The fraction of sp³-hybridized carbons (Fsp3) is 0.214. The Bertz CT molecular complexity index is 769. The largest absolute Gasteiger partial charge is 0.418 e. The minimum absolute atomic E-state index is 0.0470. The van der Waals surface area contributed by atoms with Crippen LogP contribution in [0.4, 0.5) is 23.7 Å². The normalized spacial score (nSPS) is 14.6. The second-order valence-electron chi connectivity index (χ2n) is 5.05. The Morgan fingerprint density at radius 2 is 2.08 bits per heavy atom. The standard InChI is InChI=1S/C14H13F3N6O/c15-14(16,17)10-5-8(12-7-19-13(24)23-22-12)1-2-11(10)18-6-9-3-4-20-21-9/h1-5,18H,6-7H2,(H,20,21)(H2,19,23,24). The van der Waals surface area contributed by atoms with Crippen molar-refractivity contribution in [3.05, 3.63) is 47.3 Å². The molecular weight excluding hydrogens is 325 g/mol. The van der Waals surface area contributed by atoms with Crippen LogP contribution < -0.4 is 16.1 Å². The number of benzene rings is 1. The van der Waals surface area contributed by atoms with E-state index in [9.17, 15) is 18.0 Å². The van der Waals surface area contributed by atoms with Crippen molar-refractivity contribution in [1.29, 1.82) is 0 Å². The summed E-state index contributed by atoms with van der Waals surface area (Å²) in [5, 5.41) is 15.4. The number of nitrogens with one attached hydrogen (secondary N) is 4. The summed E-state index contributed by atoms with van der Waals surface area (Å²) in [5.74, 6) is 0. The molecular formula is C14H13F3N6O. The highest BCUT2D eigenvalue weighted by molar-refractivity contribution is 6.05. The number of urea groups is 1. The third-order valence-electron chi connectivity index (χ3n) is 3.39. The molecule has 2 amide bonds. The first kappa shape index (κ1) is 15.8. The second-order valence-corrected chi connectivity index (χ2v) is 5.05. The Kier molecular flexibility index (Phi) is 4.11. The molecule has 3 rings (SSSR count). The summed E-state index contributed by atoms with van der Waals surface area (Å²) < 4.78 is 40.0. The van der Waals surface area contributed by atoms with Crippen LogP contribution in [0.3, 0.4) is 0 Å². The maximum Gasteiger partial charge on any atom is 0.418 e. The van der Waals surface area contributed by atoms with Gasteiger partial charge in [0.2, 0.25) is 0 Å². The Balaban J connectivity index is 1.88. The molecule has 4 N–H and O–H groups in total. The van der Waals surface area contributed by atoms with Gasteiger partial charge in [-0.25, -0.2) is 10.2 Å². The van der Waals surface area contributed by atoms with Crippen molar-refractivity contribution >= 4 is 17.4 Å². The monoisotopic (exact) mass is 338 g/mol. The van der Waals surface area contributed by atoms with Gasteiger partial charge in [0.25, 0.3) is 0 Å². The van der Waals surface area contributed by atoms with Gasteiger partial charge >= 0.3 is 12.2 Å². The lowest BCUT2D eigenvalue weighted by Gasteiger charge is -2.18. The summed E-state index contributed by atoms with van der Waals surface area (Å²) in [4.78, 5) is 11.0. The second kappa shape index (κ2) is 6.22. The summed E-state index contributed by atoms with van der Waals surface area (Å²) in [6.07, 6.45) is -3.01. The van der Waals surface area contributed by atoms with Crippen molar-refractivity contribution < 1.29 is 18.0 Å². The van der Waals surface area contributed by atoms with E-state index in [0.717, 1.165) is 6.07 Å². The molecule has 2 aromatic rings. The molecule has 126 valence electrons. The number of hydrazone groups is 1. The predicted octanol–water partition coefficient (Wildman–Crippen LogP) is 2.06. The molecule has 10 heteroatoms. The minimum atomic E-state index is -4.53. The number of aromatic amines is 1. The molecule has 1 aliphatic rings. The lowest BCUT2D eigenvalue weighted by Crippen LogP contribution is -2.42. The minimum Gasteiger partial charge on any atom is -0.379 e. The Morgan fingerprint density at radius 3 is 2.71 bits per heavy atom. The van der Waals surface area contributed by atoms with Crippen molar-refractivity contribution in [2.24, 2.45) is 5.10 Å². The summed E-state index contributed by atoms with van der Waals surface area (Å²) in [5.41, 5.74) is 2.59. The molecule has 0 unspecified atom stereocenters. The fourth-order valence-corrected chi connectivity index (χ4v) is 2.21. The van der Waals surface area contributed by atoms with Gasteiger partial charge in [0, 0.05) is 17.4 Å². The van der Waals surface area contributed by atoms with E-state index >= 15 is 0 Å². The number of halogens is 3. The molecule has 1 aromatic heterocycles. The number of aromatic nitrogens is 2. The van der Waals surface area contributed by atoms with E-state index in [0.29, 0.717) is 11.4 Å². The van der Waals surface area contributed by atoms with Gasteiger partial charge in [-0.15, -0.1) is 0 Å². The molecule has 1 aliphatic heterocycles. The fourth-order valence-electron chi connectivity index (χ4n) is 2.21. The van der Waals surface area contributed by atoms with Crippen LogP contribution in [0.25, 0.3) is 0 Å². The van der Waals surface area contributed by atoms with Crippen LogP contribution in [0.1, 0.15) is 16.8 Å². The Morgan fingerprint density at radius 1 is 1.25 bits per heavy atom. The smallest absolute Gasteiger partial charge is 0.379 e. The molecule has 2 heterocycles.